The molecule has 2 heteroatoms. The fourth-order valence-electron chi connectivity index (χ4n) is 10.7. The van der Waals surface area contributed by atoms with E-state index in [0.29, 0.717) is 0 Å². The first-order valence-corrected chi connectivity index (χ1v) is 21.8. The highest BCUT2D eigenvalue weighted by molar-refractivity contribution is 6.11. The highest BCUT2D eigenvalue weighted by Crippen LogP contribution is 2.53. The third-order valence-corrected chi connectivity index (χ3v) is 14.0. The first-order chi connectivity index (χ1) is 30.3. The van der Waals surface area contributed by atoms with Gasteiger partial charge in [-0.2, -0.15) is 0 Å². The average Bonchev–Trinajstić information content (AvgIpc) is 3.85. The van der Waals surface area contributed by atoms with E-state index in [0.717, 1.165) is 17.1 Å². The number of hydrogen-bond acceptors (Lipinski definition) is 1. The lowest BCUT2D eigenvalue weighted by atomic mass is 9.81. The van der Waals surface area contributed by atoms with Crippen molar-refractivity contribution in [3.05, 3.63) is 229 Å². The zero-order chi connectivity index (χ0) is 41.7. The van der Waals surface area contributed by atoms with E-state index in [-0.39, 0.29) is 10.8 Å². The minimum Gasteiger partial charge on any atom is -0.310 e. The summed E-state index contributed by atoms with van der Waals surface area (Å²) >= 11 is 0. The summed E-state index contributed by atoms with van der Waals surface area (Å²) in [5.74, 6) is 0. The van der Waals surface area contributed by atoms with Crippen LogP contribution in [0.4, 0.5) is 17.1 Å². The number of hydrogen-bond donors (Lipinski definition) is 0. The molecule has 9 aromatic carbocycles. The number of para-hydroxylation sites is 2. The Morgan fingerprint density at radius 2 is 0.823 bits per heavy atom. The Labute approximate surface area is 364 Å². The molecular weight excluding hydrogens is 749 g/mol. The third kappa shape index (κ3) is 5.43. The smallest absolute Gasteiger partial charge is 0.0547 e. The zero-order valence-electron chi connectivity index (χ0n) is 35.5. The van der Waals surface area contributed by atoms with E-state index in [4.69, 9.17) is 0 Å². The van der Waals surface area contributed by atoms with E-state index in [1.165, 1.54) is 94.3 Å². The minimum absolute atomic E-state index is 0.0957. The highest BCUT2D eigenvalue weighted by Gasteiger charge is 2.38. The van der Waals surface area contributed by atoms with Crippen LogP contribution in [-0.2, 0) is 10.8 Å². The lowest BCUT2D eigenvalue weighted by molar-refractivity contribution is 0.660. The standard InChI is InChI=1S/C60H46N2/c1-59(2)53-21-13-11-19-47(53)48-34-32-46(36-55(48)59)61(44-28-23-40(24-29-44)39-15-7-5-8-16-39)45-30-25-41(26-31-45)42-27-33-49-51-38-58-52(37-56(51)60(3,4)54(49)35-42)50-20-12-14-22-57(50)62(58)43-17-9-6-10-18-43/h5-38H,1-4H3. The maximum Gasteiger partial charge on any atom is 0.0547 e. The summed E-state index contributed by atoms with van der Waals surface area (Å²) in [5, 5.41) is 2.59. The Hall–Kier alpha value is -7.42. The van der Waals surface area contributed by atoms with Crippen LogP contribution in [0.3, 0.4) is 0 Å². The Bertz CT molecular complexity index is 3370. The number of fused-ring (bicyclic) bond motifs is 9. The van der Waals surface area contributed by atoms with Crippen molar-refractivity contribution >= 4 is 38.9 Å². The predicted molar refractivity (Wildman–Crippen MR) is 261 cm³/mol. The van der Waals surface area contributed by atoms with Crippen LogP contribution in [0, 0.1) is 0 Å². The number of rotatable bonds is 6. The molecule has 1 aromatic heterocycles. The summed E-state index contributed by atoms with van der Waals surface area (Å²) < 4.78 is 2.43. The normalized spacial score (nSPS) is 14.1. The summed E-state index contributed by atoms with van der Waals surface area (Å²) in [5.41, 5.74) is 22.5. The minimum atomic E-state index is -0.158. The van der Waals surface area contributed by atoms with Crippen molar-refractivity contribution < 1.29 is 0 Å². The topological polar surface area (TPSA) is 8.17 Å². The van der Waals surface area contributed by atoms with Gasteiger partial charge < -0.3 is 9.47 Å². The van der Waals surface area contributed by atoms with Crippen molar-refractivity contribution in [3.8, 4) is 50.2 Å². The van der Waals surface area contributed by atoms with Crippen molar-refractivity contribution in [1.82, 2.24) is 4.57 Å². The van der Waals surface area contributed by atoms with Gasteiger partial charge in [-0.05, 0) is 140 Å². The van der Waals surface area contributed by atoms with Gasteiger partial charge in [0.15, 0.2) is 0 Å². The van der Waals surface area contributed by atoms with E-state index >= 15 is 0 Å². The first kappa shape index (κ1) is 36.4. The highest BCUT2D eigenvalue weighted by atomic mass is 15.1. The first-order valence-electron chi connectivity index (χ1n) is 21.8. The Morgan fingerprint density at radius 3 is 1.56 bits per heavy atom. The summed E-state index contributed by atoms with van der Waals surface area (Å²) in [6, 6.07) is 76.4. The van der Waals surface area contributed by atoms with Crippen LogP contribution in [0.5, 0.6) is 0 Å². The van der Waals surface area contributed by atoms with Crippen LogP contribution in [-0.4, -0.2) is 4.57 Å². The van der Waals surface area contributed by atoms with Crippen molar-refractivity contribution in [1.29, 1.82) is 0 Å². The van der Waals surface area contributed by atoms with Crippen LogP contribution in [0.25, 0.3) is 72.0 Å². The number of anilines is 3. The van der Waals surface area contributed by atoms with Gasteiger partial charge in [-0.3, -0.25) is 0 Å². The lowest BCUT2D eigenvalue weighted by Gasteiger charge is -2.28. The van der Waals surface area contributed by atoms with Crippen LogP contribution in [0.15, 0.2) is 206 Å². The van der Waals surface area contributed by atoms with Gasteiger partial charge in [0.25, 0.3) is 0 Å². The summed E-state index contributed by atoms with van der Waals surface area (Å²) in [6.45, 7) is 9.50. The Morgan fingerprint density at radius 1 is 0.323 bits per heavy atom. The third-order valence-electron chi connectivity index (χ3n) is 14.0. The van der Waals surface area contributed by atoms with Gasteiger partial charge >= 0.3 is 0 Å². The molecule has 12 rings (SSSR count). The summed E-state index contributed by atoms with van der Waals surface area (Å²) in [7, 11) is 0. The Kier molecular flexibility index (Phi) is 7.96. The van der Waals surface area contributed by atoms with Gasteiger partial charge in [0.05, 0.1) is 11.0 Å². The SMILES string of the molecule is CC1(C)c2ccccc2-c2ccc(N(c3ccc(-c4ccccc4)cc3)c3ccc(-c4ccc5c(c4)C(C)(C)c4cc6c7ccccc7n(-c7ccccc7)c6cc4-5)cc3)cc21. The molecule has 0 unspecified atom stereocenters. The van der Waals surface area contributed by atoms with Crippen molar-refractivity contribution in [2.24, 2.45) is 0 Å². The van der Waals surface area contributed by atoms with Crippen LogP contribution < -0.4 is 4.90 Å². The second kappa shape index (κ2) is 13.5. The van der Waals surface area contributed by atoms with Crippen molar-refractivity contribution in [3.63, 3.8) is 0 Å². The van der Waals surface area contributed by atoms with E-state index in [1.807, 2.05) is 0 Å². The van der Waals surface area contributed by atoms with E-state index < -0.39 is 0 Å². The molecule has 62 heavy (non-hydrogen) atoms. The largest absolute Gasteiger partial charge is 0.310 e. The molecule has 1 heterocycles. The fraction of sp³-hybridized carbons (Fsp3) is 0.100. The molecule has 296 valence electrons. The Balaban J connectivity index is 0.937. The fourth-order valence-corrected chi connectivity index (χ4v) is 10.7. The quantitative estimate of drug-likeness (QED) is 0.163. The molecule has 0 aliphatic heterocycles. The molecule has 0 fully saturated rings. The molecule has 0 bridgehead atoms. The number of nitrogens with zero attached hydrogens (tertiary/aromatic N) is 2. The van der Waals surface area contributed by atoms with Gasteiger partial charge in [0.2, 0.25) is 0 Å². The average molecular weight is 795 g/mol. The van der Waals surface area contributed by atoms with E-state index in [9.17, 15) is 0 Å². The van der Waals surface area contributed by atoms with Crippen LogP contribution in [0.1, 0.15) is 49.9 Å². The molecule has 0 saturated carbocycles. The number of benzene rings is 9. The zero-order valence-corrected chi connectivity index (χ0v) is 35.5. The lowest BCUT2D eigenvalue weighted by Crippen LogP contribution is -2.16. The summed E-state index contributed by atoms with van der Waals surface area (Å²) in [6.07, 6.45) is 0. The van der Waals surface area contributed by atoms with Gasteiger partial charge in [-0.25, -0.2) is 0 Å². The monoisotopic (exact) mass is 794 g/mol. The maximum atomic E-state index is 2.47. The second-order valence-electron chi connectivity index (χ2n) is 18.2. The van der Waals surface area contributed by atoms with Crippen LogP contribution >= 0.6 is 0 Å². The molecular formula is C60H46N2. The predicted octanol–water partition coefficient (Wildman–Crippen LogP) is 16.2. The molecule has 0 amide bonds. The number of aromatic nitrogens is 1. The van der Waals surface area contributed by atoms with Crippen LogP contribution in [0.2, 0.25) is 0 Å². The molecule has 10 aromatic rings. The van der Waals surface area contributed by atoms with Gasteiger partial charge in [0.1, 0.15) is 0 Å². The van der Waals surface area contributed by atoms with E-state index in [2.05, 4.69) is 243 Å². The van der Waals surface area contributed by atoms with Crippen molar-refractivity contribution in [2.45, 2.75) is 38.5 Å². The molecule has 0 radical (unpaired) electrons. The van der Waals surface area contributed by atoms with Gasteiger partial charge in [-0.15, -0.1) is 0 Å². The molecule has 2 nitrogen and oxygen atoms in total. The molecule has 2 aliphatic rings. The van der Waals surface area contributed by atoms with Gasteiger partial charge in [-0.1, -0.05) is 161 Å². The molecule has 2 aliphatic carbocycles. The van der Waals surface area contributed by atoms with Crippen molar-refractivity contribution in [2.75, 3.05) is 4.90 Å². The van der Waals surface area contributed by atoms with Gasteiger partial charge in [0, 0.05) is 44.4 Å². The molecule has 0 N–H and O–H groups in total. The molecule has 0 spiro atoms. The maximum absolute atomic E-state index is 2.47. The summed E-state index contributed by atoms with van der Waals surface area (Å²) in [4.78, 5) is 2.41. The molecule has 0 saturated heterocycles. The molecule has 0 atom stereocenters. The van der Waals surface area contributed by atoms with E-state index in [1.54, 1.807) is 0 Å². The second-order valence-corrected chi connectivity index (χ2v) is 18.2.